The third-order valence-electron chi connectivity index (χ3n) is 7.70. The fourth-order valence-electron chi connectivity index (χ4n) is 4.89. The van der Waals surface area contributed by atoms with Gasteiger partial charge in [-0.05, 0) is 62.7 Å². The van der Waals surface area contributed by atoms with Crippen LogP contribution >= 0.6 is 0 Å². The minimum Gasteiger partial charge on any atom is -0.475 e. The number of aliphatic carboxylic acids is 2. The third kappa shape index (κ3) is 14.3. The second-order valence-corrected chi connectivity index (χ2v) is 11.5. The molecule has 3 aromatic rings. The number of imidazole rings is 1. The first-order valence-corrected chi connectivity index (χ1v) is 15.6. The lowest BCUT2D eigenvalue weighted by Crippen LogP contribution is -2.45. The van der Waals surface area contributed by atoms with Crippen LogP contribution in [-0.4, -0.2) is 87.2 Å². The predicted octanol–water partition coefficient (Wildman–Crippen LogP) is 6.72. The van der Waals surface area contributed by atoms with Crippen molar-refractivity contribution in [2.45, 2.75) is 82.6 Å². The number of carbonyl (C=O) groups is 4. The number of hydrogen-bond acceptors (Lipinski definition) is 6. The van der Waals surface area contributed by atoms with Gasteiger partial charge in [0.15, 0.2) is 0 Å². The van der Waals surface area contributed by atoms with Gasteiger partial charge in [0.2, 0.25) is 5.91 Å². The average Bonchev–Trinajstić information content (AvgIpc) is 3.53. The van der Waals surface area contributed by atoms with Crippen molar-refractivity contribution in [1.82, 2.24) is 20.2 Å². The normalized spacial score (nSPS) is 14.5. The second kappa shape index (κ2) is 18.9. The fourth-order valence-corrected chi connectivity index (χ4v) is 4.89. The molecule has 49 heavy (non-hydrogen) atoms. The Morgan fingerprint density at radius 3 is 2.04 bits per heavy atom. The summed E-state index contributed by atoms with van der Waals surface area (Å²) in [4.78, 5) is 53.2. The highest BCUT2D eigenvalue weighted by molar-refractivity contribution is 5.87. The van der Waals surface area contributed by atoms with Crippen molar-refractivity contribution >= 4 is 34.4 Å². The molecule has 2 aromatic carbocycles. The molecule has 1 unspecified atom stereocenters. The zero-order chi connectivity index (χ0) is 36.8. The van der Waals surface area contributed by atoms with E-state index in [1.807, 2.05) is 25.3 Å². The van der Waals surface area contributed by atoms with Gasteiger partial charge in [0, 0.05) is 24.4 Å². The van der Waals surface area contributed by atoms with Gasteiger partial charge in [-0.25, -0.2) is 14.6 Å². The summed E-state index contributed by atoms with van der Waals surface area (Å²) in [6.07, 6.45) is -1.67. The number of aromatic nitrogens is 2. The first-order chi connectivity index (χ1) is 22.9. The highest BCUT2D eigenvalue weighted by Gasteiger charge is 2.39. The second-order valence-electron chi connectivity index (χ2n) is 11.5. The van der Waals surface area contributed by atoms with Crippen molar-refractivity contribution < 1.29 is 55.7 Å². The Labute approximate surface area is 278 Å². The molecule has 0 bridgehead atoms. The van der Waals surface area contributed by atoms with Crippen LogP contribution < -0.4 is 5.32 Å². The van der Waals surface area contributed by atoms with Crippen LogP contribution in [0.15, 0.2) is 48.7 Å². The average molecular weight is 703 g/mol. The summed E-state index contributed by atoms with van der Waals surface area (Å²) in [6, 6.07) is 14.9. The molecule has 4 rings (SSSR count). The van der Waals surface area contributed by atoms with Crippen molar-refractivity contribution in [3.8, 4) is 11.3 Å². The van der Waals surface area contributed by atoms with E-state index in [2.05, 4.69) is 57.6 Å². The molecule has 16 heteroatoms. The number of aromatic amines is 1. The molecule has 4 N–H and O–H groups in total. The Morgan fingerprint density at radius 1 is 0.918 bits per heavy atom. The topological polar surface area (TPSA) is 153 Å². The number of carboxylic acids is 2. The molecule has 1 atom stereocenters. The highest BCUT2D eigenvalue weighted by Crippen LogP contribution is 2.27. The highest BCUT2D eigenvalue weighted by atomic mass is 19.4. The van der Waals surface area contributed by atoms with Crippen molar-refractivity contribution in [1.29, 1.82) is 0 Å². The number of carbonyl (C=O) groups excluding carboxylic acids is 2. The Hall–Kier alpha value is -4.47. The number of Topliss-reactive ketones (excluding diaryl/α,β-unsaturated/α-hetero) is 1. The van der Waals surface area contributed by atoms with E-state index in [4.69, 9.17) is 19.8 Å². The van der Waals surface area contributed by atoms with Crippen molar-refractivity contribution in [2.75, 3.05) is 20.1 Å². The molecule has 1 amide bonds. The van der Waals surface area contributed by atoms with Gasteiger partial charge in [0.05, 0.1) is 17.8 Å². The van der Waals surface area contributed by atoms with E-state index >= 15 is 0 Å². The van der Waals surface area contributed by atoms with Crippen LogP contribution in [0.25, 0.3) is 22.0 Å². The summed E-state index contributed by atoms with van der Waals surface area (Å²) in [6.45, 7) is 3.93. The number of benzene rings is 2. The quantitative estimate of drug-likeness (QED) is 0.127. The molecule has 1 fully saturated rings. The number of amides is 1. The number of nitrogens with one attached hydrogen (secondary N) is 2. The van der Waals surface area contributed by atoms with E-state index < -0.39 is 24.3 Å². The lowest BCUT2D eigenvalue weighted by Gasteiger charge is -2.30. The van der Waals surface area contributed by atoms with E-state index in [-0.39, 0.29) is 17.9 Å². The summed E-state index contributed by atoms with van der Waals surface area (Å²) < 4.78 is 63.5. The molecule has 1 aromatic heterocycles. The summed E-state index contributed by atoms with van der Waals surface area (Å²) in [5, 5.41) is 19.9. The van der Waals surface area contributed by atoms with Gasteiger partial charge in [-0.2, -0.15) is 26.3 Å². The van der Waals surface area contributed by atoms with E-state index in [1.165, 1.54) is 10.8 Å². The number of fused-ring (bicyclic) bond motifs is 1. The maximum atomic E-state index is 13.4. The minimum absolute atomic E-state index is 0.0589. The van der Waals surface area contributed by atoms with E-state index in [0.29, 0.717) is 18.6 Å². The van der Waals surface area contributed by atoms with Gasteiger partial charge in [-0.3, -0.25) is 9.59 Å². The minimum atomic E-state index is -5.08. The van der Waals surface area contributed by atoms with Crippen LogP contribution in [0.5, 0.6) is 0 Å². The number of nitrogens with zero attached hydrogens (tertiary/aromatic N) is 2. The molecule has 1 saturated heterocycles. The Morgan fingerprint density at radius 2 is 1.49 bits per heavy atom. The molecule has 10 nitrogen and oxygen atoms in total. The first kappa shape index (κ1) is 40.7. The van der Waals surface area contributed by atoms with Gasteiger partial charge < -0.3 is 25.4 Å². The first-order valence-electron chi connectivity index (χ1n) is 15.6. The van der Waals surface area contributed by atoms with Crippen LogP contribution in [0.2, 0.25) is 0 Å². The predicted molar refractivity (Wildman–Crippen MR) is 169 cm³/mol. The molecule has 0 aliphatic carbocycles. The number of H-pyrrole nitrogens is 1. The van der Waals surface area contributed by atoms with E-state index in [1.54, 1.807) is 0 Å². The number of unbranched alkanes of at least 4 members (excludes halogenated alkanes) is 2. The molecule has 1 aliphatic heterocycles. The lowest BCUT2D eigenvalue weighted by molar-refractivity contribution is -0.193. The number of piperidine rings is 1. The molecule has 2 heterocycles. The van der Waals surface area contributed by atoms with Crippen molar-refractivity contribution in [3.63, 3.8) is 0 Å². The summed E-state index contributed by atoms with van der Waals surface area (Å²) >= 11 is 0. The lowest BCUT2D eigenvalue weighted by atomic mass is 9.97. The monoisotopic (exact) mass is 702 g/mol. The maximum Gasteiger partial charge on any atom is 0.490 e. The van der Waals surface area contributed by atoms with Crippen molar-refractivity contribution in [2.24, 2.45) is 0 Å². The number of hydrogen-bond donors (Lipinski definition) is 4. The zero-order valence-corrected chi connectivity index (χ0v) is 27.0. The van der Waals surface area contributed by atoms with Gasteiger partial charge in [-0.15, -0.1) is 0 Å². The Kier molecular flexibility index (Phi) is 15.7. The number of halogens is 6. The Balaban J connectivity index is 0.000000500. The van der Waals surface area contributed by atoms with Crippen LogP contribution in [0.4, 0.5) is 26.3 Å². The number of ketones is 1. The molecular formula is C33H40F6N4O6. The molecule has 270 valence electrons. The van der Waals surface area contributed by atoms with Gasteiger partial charge >= 0.3 is 24.3 Å². The summed E-state index contributed by atoms with van der Waals surface area (Å²) in [5.74, 6) is -4.73. The van der Waals surface area contributed by atoms with Crippen LogP contribution in [0.1, 0.15) is 70.0 Å². The third-order valence-corrected chi connectivity index (χ3v) is 7.70. The number of rotatable bonds is 11. The molecule has 0 spiro atoms. The maximum absolute atomic E-state index is 13.4. The van der Waals surface area contributed by atoms with E-state index in [9.17, 15) is 35.9 Å². The smallest absolute Gasteiger partial charge is 0.475 e. The fraction of sp³-hybridized carbons (Fsp3) is 0.485. The van der Waals surface area contributed by atoms with E-state index in [0.717, 1.165) is 68.7 Å². The summed E-state index contributed by atoms with van der Waals surface area (Å²) in [5.41, 5.74) is 1.99. The largest absolute Gasteiger partial charge is 0.490 e. The number of likely N-dealkylation sites (tertiary alicyclic amines) is 1. The molecular weight excluding hydrogens is 662 g/mol. The number of carboxylic acid groups (broad SMARTS) is 2. The Bertz CT molecular complexity index is 1510. The molecule has 1 aliphatic rings. The van der Waals surface area contributed by atoms with Crippen LogP contribution in [-0.2, 0) is 19.2 Å². The zero-order valence-electron chi connectivity index (χ0n) is 27.0. The number of alkyl halides is 6. The van der Waals surface area contributed by atoms with Gasteiger partial charge in [0.1, 0.15) is 11.6 Å². The van der Waals surface area contributed by atoms with Gasteiger partial charge in [-0.1, -0.05) is 56.2 Å². The summed E-state index contributed by atoms with van der Waals surface area (Å²) in [7, 11) is 2.13. The van der Waals surface area contributed by atoms with Crippen LogP contribution in [0, 0.1) is 0 Å². The molecule has 0 radical (unpaired) electrons. The SMILES string of the molecule is CCC(=O)CCCCCC(C(=O)NC1CCN(C)CC1)c1ncc(-c2ccc3ccccc3c2)[nH]1.O=C(O)C(F)(F)F.O=C(O)C(F)(F)F. The van der Waals surface area contributed by atoms with Crippen LogP contribution in [0.3, 0.4) is 0 Å². The van der Waals surface area contributed by atoms with Gasteiger partial charge in [0.25, 0.3) is 0 Å². The van der Waals surface area contributed by atoms with Crippen molar-refractivity contribution in [3.05, 3.63) is 54.5 Å². The molecule has 0 saturated carbocycles. The standard InChI is InChI=1S/C29H38N4O2.2C2HF3O2/c1-3-25(34)11-5-4-6-12-26(29(35)31-24-15-17-33(2)18-16-24)28-30-20-27(32-28)23-14-13-21-9-7-8-10-22(21)19-23;2*3-2(4,5)1(6)7/h7-10,13-14,19-20,24,26H,3-6,11-12,15-18H2,1-2H3,(H,30,32)(H,31,35);2*(H,6,7).